The molecule has 0 saturated carbocycles. The average molecular weight is 305 g/mol. The van der Waals surface area contributed by atoms with Crippen molar-refractivity contribution in [1.29, 1.82) is 0 Å². The van der Waals surface area contributed by atoms with Crippen molar-refractivity contribution < 1.29 is 4.74 Å². The van der Waals surface area contributed by atoms with Crippen molar-refractivity contribution >= 4 is 17.4 Å². The number of halogens is 1. The summed E-state index contributed by atoms with van der Waals surface area (Å²) in [7, 11) is 0. The summed E-state index contributed by atoms with van der Waals surface area (Å²) in [5.74, 6) is 1.77. The third-order valence-electron chi connectivity index (χ3n) is 3.15. The molecule has 1 aromatic carbocycles. The van der Waals surface area contributed by atoms with E-state index in [1.165, 1.54) is 0 Å². The first-order chi connectivity index (χ1) is 10.1. The third-order valence-corrected chi connectivity index (χ3v) is 3.37. The summed E-state index contributed by atoms with van der Waals surface area (Å²) < 4.78 is 5.92. The second-order valence-corrected chi connectivity index (χ2v) is 5.53. The van der Waals surface area contributed by atoms with Crippen LogP contribution >= 0.6 is 11.6 Å². The molecule has 0 aliphatic heterocycles. The fourth-order valence-corrected chi connectivity index (χ4v) is 2.51. The Hall–Kier alpha value is -1.74. The molecule has 0 aliphatic rings. The van der Waals surface area contributed by atoms with E-state index in [1.807, 2.05) is 44.2 Å². The van der Waals surface area contributed by atoms with Gasteiger partial charge in [-0.15, -0.1) is 0 Å². The predicted octanol–water partition coefficient (Wildman–Crippen LogP) is 4.75. The molecule has 0 amide bonds. The lowest BCUT2D eigenvalue weighted by atomic mass is 10.1. The Morgan fingerprint density at radius 2 is 1.90 bits per heavy atom. The first-order valence-corrected chi connectivity index (χ1v) is 7.57. The maximum atomic E-state index is 6.03. The van der Waals surface area contributed by atoms with E-state index in [9.17, 15) is 0 Å². The van der Waals surface area contributed by atoms with Crippen LogP contribution < -0.4 is 10.1 Å². The molecule has 0 saturated heterocycles. The molecule has 0 unspecified atom stereocenters. The Morgan fingerprint density at radius 3 is 2.57 bits per heavy atom. The van der Waals surface area contributed by atoms with Gasteiger partial charge in [0.2, 0.25) is 0 Å². The second-order valence-electron chi connectivity index (χ2n) is 5.10. The second kappa shape index (κ2) is 7.32. The van der Waals surface area contributed by atoms with E-state index < -0.39 is 0 Å². The van der Waals surface area contributed by atoms with Gasteiger partial charge in [-0.1, -0.05) is 24.6 Å². The molecular weight excluding hydrogens is 284 g/mol. The number of pyridine rings is 1. The maximum Gasteiger partial charge on any atom is 0.130 e. The summed E-state index contributed by atoms with van der Waals surface area (Å²) in [5.41, 5.74) is 2.99. The number of ether oxygens (including phenoxy) is 1. The van der Waals surface area contributed by atoms with Gasteiger partial charge in [0.05, 0.1) is 5.69 Å². The highest BCUT2D eigenvalue weighted by Crippen LogP contribution is 2.27. The zero-order chi connectivity index (χ0) is 15.2. The maximum absolute atomic E-state index is 6.03. The van der Waals surface area contributed by atoms with Crippen LogP contribution in [0.3, 0.4) is 0 Å². The Balaban J connectivity index is 2.06. The van der Waals surface area contributed by atoms with Gasteiger partial charge >= 0.3 is 0 Å². The SMILES string of the molecule is CCCNc1cccc(COc2c(C)cc(Cl)cc2C)n1. The highest BCUT2D eigenvalue weighted by Gasteiger charge is 2.07. The molecule has 0 spiro atoms. The smallest absolute Gasteiger partial charge is 0.130 e. The van der Waals surface area contributed by atoms with Gasteiger partial charge in [-0.25, -0.2) is 4.98 Å². The highest BCUT2D eigenvalue weighted by atomic mass is 35.5. The topological polar surface area (TPSA) is 34.1 Å². The van der Waals surface area contributed by atoms with Crippen LogP contribution in [0.2, 0.25) is 5.02 Å². The number of aromatic nitrogens is 1. The summed E-state index contributed by atoms with van der Waals surface area (Å²) in [4.78, 5) is 4.54. The number of nitrogens with one attached hydrogen (secondary N) is 1. The molecular formula is C17H21ClN2O. The molecule has 0 radical (unpaired) electrons. The normalized spacial score (nSPS) is 10.5. The summed E-state index contributed by atoms with van der Waals surface area (Å²) in [6.07, 6.45) is 1.07. The number of hydrogen-bond acceptors (Lipinski definition) is 3. The van der Waals surface area contributed by atoms with Crippen LogP contribution in [0.15, 0.2) is 30.3 Å². The number of rotatable bonds is 6. The summed E-state index contributed by atoms with van der Waals surface area (Å²) in [6, 6.07) is 9.76. The summed E-state index contributed by atoms with van der Waals surface area (Å²) in [5, 5.41) is 4.02. The van der Waals surface area contributed by atoms with Crippen LogP contribution in [0.25, 0.3) is 0 Å². The number of anilines is 1. The zero-order valence-electron chi connectivity index (χ0n) is 12.7. The van der Waals surface area contributed by atoms with E-state index in [2.05, 4.69) is 17.2 Å². The fourth-order valence-electron chi connectivity index (χ4n) is 2.18. The van der Waals surface area contributed by atoms with Gasteiger partial charge in [-0.05, 0) is 55.7 Å². The van der Waals surface area contributed by atoms with Crippen LogP contribution in [-0.4, -0.2) is 11.5 Å². The van der Waals surface area contributed by atoms with Gasteiger partial charge in [-0.3, -0.25) is 0 Å². The Bertz CT molecular complexity index is 590. The van der Waals surface area contributed by atoms with E-state index >= 15 is 0 Å². The van der Waals surface area contributed by atoms with Crippen molar-refractivity contribution in [1.82, 2.24) is 4.98 Å². The van der Waals surface area contributed by atoms with Gasteiger partial charge in [0.15, 0.2) is 0 Å². The lowest BCUT2D eigenvalue weighted by molar-refractivity contribution is 0.297. The van der Waals surface area contributed by atoms with Gasteiger partial charge in [0, 0.05) is 11.6 Å². The van der Waals surface area contributed by atoms with Crippen LogP contribution in [0, 0.1) is 13.8 Å². The van der Waals surface area contributed by atoms with Crippen molar-refractivity contribution in [3.05, 3.63) is 52.2 Å². The van der Waals surface area contributed by atoms with Crippen molar-refractivity contribution in [2.24, 2.45) is 0 Å². The minimum Gasteiger partial charge on any atom is -0.487 e. The number of benzene rings is 1. The average Bonchev–Trinajstić information content (AvgIpc) is 2.44. The van der Waals surface area contributed by atoms with E-state index in [4.69, 9.17) is 16.3 Å². The van der Waals surface area contributed by atoms with Gasteiger partial charge in [0.25, 0.3) is 0 Å². The minimum absolute atomic E-state index is 0.449. The minimum atomic E-state index is 0.449. The van der Waals surface area contributed by atoms with Crippen molar-refractivity contribution in [2.75, 3.05) is 11.9 Å². The quantitative estimate of drug-likeness (QED) is 0.836. The van der Waals surface area contributed by atoms with Crippen LogP contribution in [0.1, 0.15) is 30.2 Å². The third kappa shape index (κ3) is 4.36. The fraction of sp³-hybridized carbons (Fsp3) is 0.353. The standard InChI is InChI=1S/C17H21ClN2O/c1-4-8-19-16-7-5-6-15(20-16)11-21-17-12(2)9-14(18)10-13(17)3/h5-7,9-10H,4,8,11H2,1-3H3,(H,19,20). The Labute approximate surface area is 131 Å². The molecule has 0 fully saturated rings. The molecule has 1 aromatic heterocycles. The Kier molecular flexibility index (Phi) is 5.45. The predicted molar refractivity (Wildman–Crippen MR) is 88.3 cm³/mol. The first-order valence-electron chi connectivity index (χ1n) is 7.19. The van der Waals surface area contributed by atoms with Crippen molar-refractivity contribution in [2.45, 2.75) is 33.8 Å². The number of nitrogens with zero attached hydrogens (tertiary/aromatic N) is 1. The first kappa shape index (κ1) is 15.6. The summed E-state index contributed by atoms with van der Waals surface area (Å²) in [6.45, 7) is 7.51. The van der Waals surface area contributed by atoms with E-state index in [0.29, 0.717) is 6.61 Å². The highest BCUT2D eigenvalue weighted by molar-refractivity contribution is 6.30. The van der Waals surface area contributed by atoms with Gasteiger partial charge in [-0.2, -0.15) is 0 Å². The molecule has 0 atom stereocenters. The molecule has 21 heavy (non-hydrogen) atoms. The van der Waals surface area contributed by atoms with Crippen LogP contribution in [-0.2, 0) is 6.61 Å². The van der Waals surface area contributed by atoms with E-state index in [-0.39, 0.29) is 0 Å². The number of aryl methyl sites for hydroxylation is 2. The molecule has 0 aliphatic carbocycles. The van der Waals surface area contributed by atoms with Gasteiger partial charge in [0.1, 0.15) is 18.2 Å². The lowest BCUT2D eigenvalue weighted by Gasteiger charge is -2.13. The Morgan fingerprint density at radius 1 is 1.19 bits per heavy atom. The molecule has 2 aromatic rings. The molecule has 2 rings (SSSR count). The monoisotopic (exact) mass is 304 g/mol. The molecule has 4 heteroatoms. The van der Waals surface area contributed by atoms with Crippen molar-refractivity contribution in [3.63, 3.8) is 0 Å². The molecule has 1 N–H and O–H groups in total. The summed E-state index contributed by atoms with van der Waals surface area (Å²) >= 11 is 6.03. The zero-order valence-corrected chi connectivity index (χ0v) is 13.5. The molecule has 112 valence electrons. The van der Waals surface area contributed by atoms with Crippen LogP contribution in [0.4, 0.5) is 5.82 Å². The van der Waals surface area contributed by atoms with E-state index in [0.717, 1.165) is 46.4 Å². The molecule has 1 heterocycles. The number of hydrogen-bond donors (Lipinski definition) is 1. The van der Waals surface area contributed by atoms with Crippen molar-refractivity contribution in [3.8, 4) is 5.75 Å². The van der Waals surface area contributed by atoms with Crippen LogP contribution in [0.5, 0.6) is 5.75 Å². The lowest BCUT2D eigenvalue weighted by Crippen LogP contribution is -2.05. The van der Waals surface area contributed by atoms with Gasteiger partial charge < -0.3 is 10.1 Å². The van der Waals surface area contributed by atoms with E-state index in [1.54, 1.807) is 0 Å². The largest absolute Gasteiger partial charge is 0.487 e. The molecule has 0 bridgehead atoms. The molecule has 3 nitrogen and oxygen atoms in total.